The summed E-state index contributed by atoms with van der Waals surface area (Å²) in [5, 5.41) is 6.31. The molecular formula is C21H26N2O2. The SMILES string of the molecule is O=C(C[C@@H]1CNCCO1)NCCC(c1ccccc1)c1ccccc1. The van der Waals surface area contributed by atoms with Crippen molar-refractivity contribution in [2.24, 2.45) is 0 Å². The normalized spacial score (nSPS) is 17.4. The maximum Gasteiger partial charge on any atom is 0.222 e. The highest BCUT2D eigenvalue weighted by molar-refractivity contribution is 5.76. The largest absolute Gasteiger partial charge is 0.375 e. The first kappa shape index (κ1) is 17.6. The van der Waals surface area contributed by atoms with Crippen molar-refractivity contribution in [2.75, 3.05) is 26.2 Å². The molecule has 2 N–H and O–H groups in total. The first-order valence-corrected chi connectivity index (χ1v) is 9.02. The van der Waals surface area contributed by atoms with E-state index in [1.54, 1.807) is 0 Å². The number of hydrogen-bond donors (Lipinski definition) is 2. The zero-order chi connectivity index (χ0) is 17.3. The second-order valence-corrected chi connectivity index (χ2v) is 6.41. The van der Waals surface area contributed by atoms with Gasteiger partial charge in [-0.15, -0.1) is 0 Å². The molecule has 1 fully saturated rings. The molecule has 132 valence electrons. The van der Waals surface area contributed by atoms with Crippen molar-refractivity contribution in [1.82, 2.24) is 10.6 Å². The number of ether oxygens (including phenoxy) is 1. The minimum Gasteiger partial charge on any atom is -0.375 e. The Morgan fingerprint density at radius 1 is 1.08 bits per heavy atom. The van der Waals surface area contributed by atoms with Crippen LogP contribution < -0.4 is 10.6 Å². The molecule has 0 bridgehead atoms. The molecule has 1 aliphatic rings. The van der Waals surface area contributed by atoms with E-state index in [9.17, 15) is 4.79 Å². The van der Waals surface area contributed by atoms with E-state index in [0.717, 1.165) is 19.5 Å². The summed E-state index contributed by atoms with van der Waals surface area (Å²) in [6.07, 6.45) is 1.30. The topological polar surface area (TPSA) is 50.4 Å². The first-order valence-electron chi connectivity index (χ1n) is 9.02. The number of hydrogen-bond acceptors (Lipinski definition) is 3. The molecule has 0 spiro atoms. The lowest BCUT2D eigenvalue weighted by Gasteiger charge is -2.23. The fraction of sp³-hybridized carbons (Fsp3) is 0.381. The van der Waals surface area contributed by atoms with Gasteiger partial charge in [0.15, 0.2) is 0 Å². The van der Waals surface area contributed by atoms with E-state index in [4.69, 9.17) is 4.74 Å². The second-order valence-electron chi connectivity index (χ2n) is 6.41. The molecule has 1 aliphatic heterocycles. The predicted octanol–water partition coefficient (Wildman–Crippen LogP) is 2.70. The van der Waals surface area contributed by atoms with Crippen LogP contribution in [0, 0.1) is 0 Å². The number of carbonyl (C=O) groups is 1. The smallest absolute Gasteiger partial charge is 0.222 e. The molecule has 0 saturated carbocycles. The summed E-state index contributed by atoms with van der Waals surface area (Å²) in [4.78, 5) is 12.1. The minimum absolute atomic E-state index is 0.00667. The number of carbonyl (C=O) groups excluding carboxylic acids is 1. The number of amides is 1. The molecule has 0 aliphatic carbocycles. The van der Waals surface area contributed by atoms with Gasteiger partial charge in [0.2, 0.25) is 5.91 Å². The minimum atomic E-state index is -0.00667. The number of benzene rings is 2. The van der Waals surface area contributed by atoms with Gasteiger partial charge in [-0.1, -0.05) is 60.7 Å². The molecule has 1 heterocycles. The first-order chi connectivity index (χ1) is 12.3. The van der Waals surface area contributed by atoms with E-state index in [-0.39, 0.29) is 17.9 Å². The van der Waals surface area contributed by atoms with Crippen LogP contribution in [0.25, 0.3) is 0 Å². The second kappa shape index (κ2) is 9.35. The van der Waals surface area contributed by atoms with Crippen LogP contribution >= 0.6 is 0 Å². The van der Waals surface area contributed by atoms with Gasteiger partial charge in [0.25, 0.3) is 0 Å². The van der Waals surface area contributed by atoms with Gasteiger partial charge in [-0.3, -0.25) is 4.79 Å². The molecular weight excluding hydrogens is 312 g/mol. The average Bonchev–Trinajstić information content (AvgIpc) is 2.67. The molecule has 4 nitrogen and oxygen atoms in total. The van der Waals surface area contributed by atoms with Crippen molar-refractivity contribution in [1.29, 1.82) is 0 Å². The lowest BCUT2D eigenvalue weighted by atomic mass is 9.88. The zero-order valence-corrected chi connectivity index (χ0v) is 14.5. The van der Waals surface area contributed by atoms with Crippen LogP contribution in [0.15, 0.2) is 60.7 Å². The molecule has 1 amide bonds. The zero-order valence-electron chi connectivity index (χ0n) is 14.5. The fourth-order valence-electron chi connectivity index (χ4n) is 3.28. The Labute approximate surface area is 149 Å². The molecule has 25 heavy (non-hydrogen) atoms. The van der Waals surface area contributed by atoms with Gasteiger partial charge in [0.05, 0.1) is 19.1 Å². The summed E-state index contributed by atoms with van der Waals surface area (Å²) in [6, 6.07) is 20.9. The number of nitrogens with one attached hydrogen (secondary N) is 2. The van der Waals surface area contributed by atoms with Crippen LogP contribution in [0.2, 0.25) is 0 Å². The van der Waals surface area contributed by atoms with Crippen molar-refractivity contribution >= 4 is 5.91 Å². The monoisotopic (exact) mass is 338 g/mol. The molecule has 0 unspecified atom stereocenters. The Hall–Kier alpha value is -2.17. The van der Waals surface area contributed by atoms with Gasteiger partial charge in [-0.05, 0) is 17.5 Å². The predicted molar refractivity (Wildman–Crippen MR) is 99.6 cm³/mol. The van der Waals surface area contributed by atoms with E-state index >= 15 is 0 Å². The highest BCUT2D eigenvalue weighted by Gasteiger charge is 2.18. The lowest BCUT2D eigenvalue weighted by Crippen LogP contribution is -2.41. The summed E-state index contributed by atoms with van der Waals surface area (Å²) in [5.74, 6) is 0.351. The quantitative estimate of drug-likeness (QED) is 0.816. The van der Waals surface area contributed by atoms with Gasteiger partial charge in [-0.2, -0.15) is 0 Å². The summed E-state index contributed by atoms with van der Waals surface area (Å²) in [6.45, 7) is 2.97. The number of morpholine rings is 1. The van der Waals surface area contributed by atoms with Gasteiger partial charge >= 0.3 is 0 Å². The van der Waals surface area contributed by atoms with E-state index in [2.05, 4.69) is 59.2 Å². The van der Waals surface area contributed by atoms with Crippen molar-refractivity contribution in [3.63, 3.8) is 0 Å². The Morgan fingerprint density at radius 2 is 1.72 bits per heavy atom. The van der Waals surface area contributed by atoms with Crippen molar-refractivity contribution in [3.8, 4) is 0 Å². The van der Waals surface area contributed by atoms with Crippen LogP contribution in [0.4, 0.5) is 0 Å². The van der Waals surface area contributed by atoms with Crippen LogP contribution in [0.1, 0.15) is 29.9 Å². The maximum absolute atomic E-state index is 12.1. The fourth-order valence-corrected chi connectivity index (χ4v) is 3.28. The van der Waals surface area contributed by atoms with E-state index < -0.39 is 0 Å². The van der Waals surface area contributed by atoms with Gasteiger partial charge in [-0.25, -0.2) is 0 Å². The summed E-state index contributed by atoms with van der Waals surface area (Å²) in [5.41, 5.74) is 2.56. The van der Waals surface area contributed by atoms with Crippen LogP contribution in [0.5, 0.6) is 0 Å². The number of rotatable bonds is 7. The van der Waals surface area contributed by atoms with Crippen LogP contribution in [-0.4, -0.2) is 38.3 Å². The highest BCUT2D eigenvalue weighted by Crippen LogP contribution is 2.27. The molecule has 0 radical (unpaired) electrons. The third-order valence-corrected chi connectivity index (χ3v) is 4.58. The Kier molecular flexibility index (Phi) is 6.60. The summed E-state index contributed by atoms with van der Waals surface area (Å²) >= 11 is 0. The molecule has 1 atom stereocenters. The average molecular weight is 338 g/mol. The van der Waals surface area contributed by atoms with E-state index in [1.165, 1.54) is 11.1 Å². The Bertz CT molecular complexity index is 600. The molecule has 0 aromatic heterocycles. The maximum atomic E-state index is 12.1. The van der Waals surface area contributed by atoms with E-state index in [1.807, 2.05) is 12.1 Å². The molecule has 4 heteroatoms. The third-order valence-electron chi connectivity index (χ3n) is 4.58. The molecule has 1 saturated heterocycles. The van der Waals surface area contributed by atoms with Crippen LogP contribution in [-0.2, 0) is 9.53 Å². The molecule has 2 aromatic rings. The molecule has 3 rings (SSSR count). The molecule has 2 aromatic carbocycles. The third kappa shape index (κ3) is 5.41. The van der Waals surface area contributed by atoms with E-state index in [0.29, 0.717) is 19.6 Å². The van der Waals surface area contributed by atoms with Crippen molar-refractivity contribution in [2.45, 2.75) is 24.9 Å². The Morgan fingerprint density at radius 3 is 2.28 bits per heavy atom. The van der Waals surface area contributed by atoms with Gasteiger partial charge < -0.3 is 15.4 Å². The van der Waals surface area contributed by atoms with Gasteiger partial charge in [0, 0.05) is 25.6 Å². The Balaban J connectivity index is 1.55. The van der Waals surface area contributed by atoms with Crippen molar-refractivity contribution in [3.05, 3.63) is 71.8 Å². The lowest BCUT2D eigenvalue weighted by molar-refractivity contribution is -0.124. The standard InChI is InChI=1S/C21H26N2O2/c24-21(15-19-16-22-13-14-25-19)23-12-11-20(17-7-3-1-4-8-17)18-9-5-2-6-10-18/h1-10,19-20,22H,11-16H2,(H,23,24)/t19-/m1/s1. The summed E-state index contributed by atoms with van der Waals surface area (Å²) < 4.78 is 5.59. The van der Waals surface area contributed by atoms with Gasteiger partial charge in [0.1, 0.15) is 0 Å². The highest BCUT2D eigenvalue weighted by atomic mass is 16.5. The summed E-state index contributed by atoms with van der Waals surface area (Å²) in [7, 11) is 0. The van der Waals surface area contributed by atoms with Crippen molar-refractivity contribution < 1.29 is 9.53 Å². The van der Waals surface area contributed by atoms with Crippen LogP contribution in [0.3, 0.4) is 0 Å².